The smallest absolute Gasteiger partial charge is 0.350 e. The van der Waals surface area contributed by atoms with E-state index in [-0.39, 0.29) is 47.3 Å². The number of fused-ring (bicyclic) bond motifs is 5. The van der Waals surface area contributed by atoms with Crippen LogP contribution in [0.15, 0.2) is 114 Å². The van der Waals surface area contributed by atoms with Crippen LogP contribution < -0.4 is 15.5 Å². The van der Waals surface area contributed by atoms with Crippen molar-refractivity contribution in [3.63, 3.8) is 0 Å². The molecule has 1 unspecified atom stereocenters. The van der Waals surface area contributed by atoms with Crippen molar-refractivity contribution in [2.75, 3.05) is 47.5 Å². The Morgan fingerprint density at radius 3 is 1.69 bits per heavy atom. The van der Waals surface area contributed by atoms with Crippen LogP contribution in [0.1, 0.15) is 280 Å². The summed E-state index contributed by atoms with van der Waals surface area (Å²) in [5.74, 6) is -10.2. The maximum atomic E-state index is 16.1. The number of ketones is 1. The number of nitrogens with one attached hydrogen (secondary N) is 2. The Balaban J connectivity index is 1.22. The van der Waals surface area contributed by atoms with Crippen molar-refractivity contribution in [1.82, 2.24) is 10.6 Å². The minimum Gasteiger partial charge on any atom is -0.756 e. The van der Waals surface area contributed by atoms with Crippen LogP contribution in [0.25, 0.3) is 0 Å². The van der Waals surface area contributed by atoms with Crippen molar-refractivity contribution >= 4 is 61.2 Å². The Morgan fingerprint density at radius 1 is 0.655 bits per heavy atom. The molecular formula is C90H132N3O22P. The number of ether oxygens (including phenoxy) is 7. The molecule has 0 aromatic heterocycles. The molecule has 25 nitrogen and oxygen atoms in total. The van der Waals surface area contributed by atoms with E-state index in [1.807, 2.05) is 21.1 Å². The first kappa shape index (κ1) is 95.7. The second-order valence-electron chi connectivity index (χ2n) is 33.8. The minimum atomic E-state index is -5.04. The first-order valence-electron chi connectivity index (χ1n) is 42.5. The highest BCUT2D eigenvalue weighted by atomic mass is 31.2. The summed E-state index contributed by atoms with van der Waals surface area (Å²) in [5.41, 5.74) is -8.28. The van der Waals surface area contributed by atoms with Crippen molar-refractivity contribution in [3.05, 3.63) is 131 Å². The minimum absolute atomic E-state index is 0.00494. The summed E-state index contributed by atoms with van der Waals surface area (Å²) in [4.78, 5) is 146. The van der Waals surface area contributed by atoms with Crippen LogP contribution in [0.3, 0.4) is 0 Å². The van der Waals surface area contributed by atoms with Crippen molar-refractivity contribution in [3.8, 4) is 0 Å². The van der Waals surface area contributed by atoms with Gasteiger partial charge in [0.2, 0.25) is 12.0 Å². The number of hydrogen-bond acceptors (Lipinski definition) is 22. The fraction of sp³-hybridized carbons (Fsp3) is 0.656. The van der Waals surface area contributed by atoms with Gasteiger partial charge in [0.05, 0.1) is 76.2 Å². The predicted octanol–water partition coefficient (Wildman–Crippen LogP) is 14.4. The van der Waals surface area contributed by atoms with E-state index in [4.69, 9.17) is 42.2 Å². The third-order valence-electron chi connectivity index (χ3n) is 23.5. The highest BCUT2D eigenvalue weighted by Gasteiger charge is 2.78. The molecule has 3 aromatic carbocycles. The Hall–Kier alpha value is -7.48. The SMILES string of the molecule is CCCCCCCCCCCCC/C=C/[C@@H](OC(=O)CCC(=O)O[C@@H](C(=O)O[C@H]1C[C@@]2(O)[C@@H](OC(=O)c3ccccc3)[C@@H]3[C@]4(OC(C)=O)CO[C@@H]4C[C@H](O)[C@@]3(C)C(=O)[C@H](OC(C)=O)C(=C1C)C2(C)C)[C@@H](NC(=O)c1ccccc1)c1ccccc1)[C@H](COP(=O)([O-])OCC[N+](C)(C)C)NC(=O)CCCCCCCCCCCCCCC. The average Bonchev–Trinajstić information content (AvgIpc) is 0.668. The van der Waals surface area contributed by atoms with E-state index in [0.717, 1.165) is 78.1 Å². The van der Waals surface area contributed by atoms with Crippen LogP contribution in [0, 0.1) is 16.7 Å². The van der Waals surface area contributed by atoms with Gasteiger partial charge >= 0.3 is 35.8 Å². The molecule has 116 heavy (non-hydrogen) atoms. The first-order chi connectivity index (χ1) is 55.2. The van der Waals surface area contributed by atoms with Gasteiger partial charge in [0.25, 0.3) is 13.7 Å². The summed E-state index contributed by atoms with van der Waals surface area (Å²) in [6, 6.07) is 20.7. The quantitative estimate of drug-likeness (QED) is 0.0102. The van der Waals surface area contributed by atoms with Crippen LogP contribution in [0.5, 0.6) is 0 Å². The number of rotatable bonds is 51. The number of phosphoric acid groups is 1. The lowest BCUT2D eigenvalue weighted by Gasteiger charge is -2.67. The number of unbranched alkanes of at least 4 members (excludes halogenated alkanes) is 23. The van der Waals surface area contributed by atoms with Crippen LogP contribution in [-0.4, -0.2) is 176 Å². The van der Waals surface area contributed by atoms with Gasteiger partial charge in [-0.1, -0.05) is 242 Å². The van der Waals surface area contributed by atoms with Gasteiger partial charge < -0.3 is 72.4 Å². The number of nitrogens with zero attached hydrogens (tertiary/aromatic N) is 1. The van der Waals surface area contributed by atoms with Gasteiger partial charge in [0.15, 0.2) is 17.5 Å². The molecule has 2 bridgehead atoms. The molecule has 3 aromatic rings. The Bertz CT molecular complexity index is 3770. The molecule has 644 valence electrons. The van der Waals surface area contributed by atoms with Gasteiger partial charge in [-0.05, 0) is 80.2 Å². The highest BCUT2D eigenvalue weighted by Crippen LogP contribution is 2.65. The molecule has 4 aliphatic rings. The van der Waals surface area contributed by atoms with E-state index < -0.39 is 176 Å². The molecule has 14 atom stereocenters. The lowest BCUT2D eigenvalue weighted by molar-refractivity contribution is -0.870. The number of quaternary nitrogens is 1. The molecule has 0 spiro atoms. The fourth-order valence-corrected chi connectivity index (χ4v) is 17.5. The van der Waals surface area contributed by atoms with Crippen LogP contribution in [-0.2, 0) is 80.3 Å². The molecule has 3 fully saturated rings. The summed E-state index contributed by atoms with van der Waals surface area (Å²) in [7, 11) is 0.558. The fourth-order valence-electron chi connectivity index (χ4n) is 16.7. The standard InChI is InChI=1S/C90H132N3O22P/c1-12-14-16-18-20-22-24-26-28-30-32-34-45-53-70(69(61-109-116(105,106)108-58-57-93(9,10)11)91-74(97)54-46-35-33-31-29-27-25-23-21-19-17-15-13-2)111-75(98)55-56-76(99)113-80(78(66-47-39-36-40-48-66)92-84(101)67-49-41-37-42-50-67)86(103)112-71-60-90(104)83(114-85(102)68-51-43-38-44-52-68)81-88(8,72(96)59-73-89(81,62-107-73)115-65(5)95)82(100)79(110-64(4)94)77(63(71)3)87(90,6)7/h36-45,47-53,69-73,78-81,83,96,104H,12-35,46,54-62H2,1-11H3,(H2-,91,92,97,101,105,106)/b53-45+/t69-,70+,71-,72-,73+,78-,79+,80+,81-,83-,88+,89-,90+/m0/s1. The summed E-state index contributed by atoms with van der Waals surface area (Å²) in [6.07, 6.45) is 15.8. The monoisotopic (exact) mass is 1640 g/mol. The third kappa shape index (κ3) is 27.3. The maximum Gasteiger partial charge on any atom is 0.350 e. The number of aliphatic hydroxyl groups is 2. The normalized spacial score (nSPS) is 23.8. The first-order valence-corrected chi connectivity index (χ1v) is 44.0. The Kier molecular flexibility index (Phi) is 38.1. The van der Waals surface area contributed by atoms with Crippen molar-refractivity contribution in [1.29, 1.82) is 0 Å². The average molecular weight is 1640 g/mol. The van der Waals surface area contributed by atoms with Gasteiger partial charge in [0.1, 0.15) is 49.2 Å². The molecule has 7 rings (SSSR count). The predicted molar refractivity (Wildman–Crippen MR) is 436 cm³/mol. The molecule has 26 heteroatoms. The molecule has 2 saturated carbocycles. The van der Waals surface area contributed by atoms with Gasteiger partial charge in [-0.3, -0.25) is 38.1 Å². The molecule has 1 saturated heterocycles. The number of likely N-dealkylation sites (N-methyl/N-ethyl adjacent to an activating group) is 1. The summed E-state index contributed by atoms with van der Waals surface area (Å²) < 4.78 is 68.4. The van der Waals surface area contributed by atoms with E-state index in [1.165, 1.54) is 135 Å². The van der Waals surface area contributed by atoms with Gasteiger partial charge in [-0.2, -0.15) is 0 Å². The number of amides is 2. The highest BCUT2D eigenvalue weighted by molar-refractivity contribution is 7.45. The number of hydrogen-bond donors (Lipinski definition) is 4. The summed E-state index contributed by atoms with van der Waals surface area (Å²) in [6.45, 7) is 11.5. The van der Waals surface area contributed by atoms with Gasteiger partial charge in [0, 0.05) is 44.1 Å². The van der Waals surface area contributed by atoms with Crippen LogP contribution in [0.4, 0.5) is 0 Å². The van der Waals surface area contributed by atoms with E-state index in [0.29, 0.717) is 23.9 Å². The third-order valence-corrected chi connectivity index (χ3v) is 24.5. The molecule has 3 aliphatic carbocycles. The van der Waals surface area contributed by atoms with E-state index in [1.54, 1.807) is 78.9 Å². The number of phosphoric ester groups is 1. The Labute approximate surface area is 687 Å². The molecule has 1 aliphatic heterocycles. The molecular weight excluding hydrogens is 1510 g/mol. The number of aliphatic hydroxyl groups excluding tert-OH is 1. The van der Waals surface area contributed by atoms with Crippen LogP contribution >= 0.6 is 7.82 Å². The number of carbonyl (C=O) groups excluding carboxylic acids is 9. The Morgan fingerprint density at radius 2 is 1.17 bits per heavy atom. The van der Waals surface area contributed by atoms with E-state index >= 15 is 9.59 Å². The second-order valence-corrected chi connectivity index (χ2v) is 35.2. The van der Waals surface area contributed by atoms with Gasteiger partial charge in [-0.15, -0.1) is 0 Å². The van der Waals surface area contributed by atoms with Crippen molar-refractivity contribution < 1.29 is 110 Å². The largest absolute Gasteiger partial charge is 0.756 e. The topological polar surface area (TPSA) is 341 Å². The maximum absolute atomic E-state index is 16.1. The van der Waals surface area contributed by atoms with Crippen molar-refractivity contribution in [2.45, 2.75) is 314 Å². The zero-order chi connectivity index (χ0) is 84.7. The molecule has 1 heterocycles. The number of Topliss-reactive ketones (excluding diaryl/α,β-unsaturated/α-hetero) is 1. The molecule has 4 N–H and O–H groups in total. The van der Waals surface area contributed by atoms with E-state index in [9.17, 15) is 53.2 Å². The van der Waals surface area contributed by atoms with Gasteiger partial charge in [-0.25, -0.2) is 9.59 Å². The second kappa shape index (κ2) is 46.2. The number of carbonyl (C=O) groups is 9. The zero-order valence-corrected chi connectivity index (χ0v) is 71.5. The summed E-state index contributed by atoms with van der Waals surface area (Å²) in [5, 5.41) is 32.5. The summed E-state index contributed by atoms with van der Waals surface area (Å²) >= 11 is 0. The number of esters is 6. The van der Waals surface area contributed by atoms with Crippen molar-refractivity contribution in [2.24, 2.45) is 16.7 Å². The zero-order valence-electron chi connectivity index (χ0n) is 70.6. The lowest BCUT2D eigenvalue weighted by atomic mass is 9.44. The molecule has 2 amide bonds. The lowest BCUT2D eigenvalue weighted by Crippen LogP contribution is -2.82. The number of benzene rings is 3. The number of allylic oxidation sites excluding steroid dienone is 1. The van der Waals surface area contributed by atoms with Crippen LogP contribution in [0.2, 0.25) is 0 Å². The van der Waals surface area contributed by atoms with E-state index in [2.05, 4.69) is 24.5 Å². The molecule has 0 radical (unpaired) electrons.